The molecule has 1 unspecified atom stereocenters. The van der Waals surface area contributed by atoms with Crippen LogP contribution in [0.5, 0.6) is 0 Å². The summed E-state index contributed by atoms with van der Waals surface area (Å²) in [4.78, 5) is 8.89. The number of carbonyl (C=O) groups is 1. The van der Waals surface area contributed by atoms with E-state index in [2.05, 4.69) is 33.0 Å². The molecule has 3 heteroatoms. The zero-order valence-electron chi connectivity index (χ0n) is 8.76. The van der Waals surface area contributed by atoms with Crippen LogP contribution in [0.25, 0.3) is 0 Å². The lowest BCUT2D eigenvalue weighted by molar-refractivity contribution is -0.689. The van der Waals surface area contributed by atoms with E-state index in [9.17, 15) is 0 Å². The lowest BCUT2D eigenvalue weighted by Crippen LogP contribution is -2.89. The van der Waals surface area contributed by atoms with Crippen molar-refractivity contribution in [3.63, 3.8) is 0 Å². The summed E-state index contributed by atoms with van der Waals surface area (Å²) in [6, 6.07) is 0.792. The van der Waals surface area contributed by atoms with Crippen LogP contribution in [0.3, 0.4) is 0 Å². The normalized spacial score (nSPS) is 11.8. The molecule has 0 amide bonds. The molecule has 0 fully saturated rings. The molecule has 0 spiro atoms. The Kier molecular flexibility index (Phi) is 9.93. The monoisotopic (exact) mass is 175 g/mol. The molecule has 0 heterocycles. The minimum Gasteiger partial charge on any atom is -0.550 e. The van der Waals surface area contributed by atoms with Crippen molar-refractivity contribution in [1.29, 1.82) is 0 Å². The quantitative estimate of drug-likeness (QED) is 0.621. The van der Waals surface area contributed by atoms with Gasteiger partial charge in [0.25, 0.3) is 0 Å². The number of hydrogen-bond acceptors (Lipinski definition) is 2. The highest BCUT2D eigenvalue weighted by atomic mass is 16.4. The second-order valence-corrected chi connectivity index (χ2v) is 3.24. The maximum Gasteiger partial charge on any atom is 0.0853 e. The Hall–Kier alpha value is -0.570. The summed E-state index contributed by atoms with van der Waals surface area (Å²) in [5, 5.41) is 11.3. The molecule has 0 rings (SSSR count). The molecule has 0 aliphatic heterocycles. The highest BCUT2D eigenvalue weighted by molar-refractivity contribution is 5.60. The van der Waals surface area contributed by atoms with Crippen LogP contribution in [-0.4, -0.2) is 18.6 Å². The standard InChI is InChI=1S/C7H17N.C2H4O2/c1-5-8-7(4)6(2)3;1-2(3)4/h6-8H,5H2,1-4H3;1H3,(H,3,4). The van der Waals surface area contributed by atoms with Crippen molar-refractivity contribution in [2.45, 2.75) is 40.7 Å². The fourth-order valence-corrected chi connectivity index (χ4v) is 0.644. The summed E-state index contributed by atoms with van der Waals surface area (Å²) in [6.07, 6.45) is 0. The highest BCUT2D eigenvalue weighted by Crippen LogP contribution is 1.92. The van der Waals surface area contributed by atoms with Crippen molar-refractivity contribution < 1.29 is 15.2 Å². The van der Waals surface area contributed by atoms with E-state index in [1.165, 1.54) is 6.54 Å². The van der Waals surface area contributed by atoms with Crippen LogP contribution in [0, 0.1) is 5.92 Å². The summed E-state index contributed by atoms with van der Waals surface area (Å²) in [6.45, 7) is 11.2. The molecule has 0 aromatic rings. The summed E-state index contributed by atoms with van der Waals surface area (Å²) < 4.78 is 0. The molecular formula is C9H21NO2. The molecule has 0 aliphatic rings. The molecule has 12 heavy (non-hydrogen) atoms. The van der Waals surface area contributed by atoms with Crippen LogP contribution in [0.1, 0.15) is 34.6 Å². The van der Waals surface area contributed by atoms with Gasteiger partial charge in [-0.2, -0.15) is 0 Å². The molecule has 0 saturated carbocycles. The topological polar surface area (TPSA) is 56.7 Å². The molecule has 0 saturated heterocycles. The first kappa shape index (κ1) is 14.0. The van der Waals surface area contributed by atoms with Gasteiger partial charge in [0.2, 0.25) is 0 Å². The Morgan fingerprint density at radius 2 is 1.75 bits per heavy atom. The van der Waals surface area contributed by atoms with Crippen molar-refractivity contribution >= 4 is 5.97 Å². The van der Waals surface area contributed by atoms with Crippen molar-refractivity contribution in [2.24, 2.45) is 5.92 Å². The maximum atomic E-state index is 8.89. The van der Waals surface area contributed by atoms with Gasteiger partial charge in [-0.1, -0.05) is 13.8 Å². The van der Waals surface area contributed by atoms with Gasteiger partial charge in [-0.3, -0.25) is 0 Å². The van der Waals surface area contributed by atoms with Gasteiger partial charge in [0, 0.05) is 11.9 Å². The molecule has 0 aliphatic carbocycles. The zero-order chi connectivity index (χ0) is 10.1. The molecule has 0 aromatic heterocycles. The molecule has 0 bridgehead atoms. The minimum absolute atomic E-state index is 0.792. The lowest BCUT2D eigenvalue weighted by atomic mass is 10.1. The number of rotatable bonds is 3. The second kappa shape index (κ2) is 8.53. The second-order valence-electron chi connectivity index (χ2n) is 3.24. The van der Waals surface area contributed by atoms with E-state index in [0.717, 1.165) is 18.9 Å². The first-order valence-electron chi connectivity index (χ1n) is 4.42. The summed E-state index contributed by atoms with van der Waals surface area (Å²) >= 11 is 0. The smallest absolute Gasteiger partial charge is 0.0853 e. The summed E-state index contributed by atoms with van der Waals surface area (Å²) in [7, 11) is 0. The third kappa shape index (κ3) is 16.2. The minimum atomic E-state index is -1.08. The third-order valence-corrected chi connectivity index (χ3v) is 1.66. The van der Waals surface area contributed by atoms with E-state index < -0.39 is 5.97 Å². The Morgan fingerprint density at radius 3 is 1.83 bits per heavy atom. The number of aliphatic carboxylic acids is 1. The first-order valence-corrected chi connectivity index (χ1v) is 4.42. The maximum absolute atomic E-state index is 8.89. The summed E-state index contributed by atoms with van der Waals surface area (Å²) in [5.74, 6) is -0.269. The molecule has 74 valence electrons. The number of carbonyl (C=O) groups excluding carboxylic acids is 1. The molecule has 3 nitrogen and oxygen atoms in total. The molecule has 0 radical (unpaired) electrons. The van der Waals surface area contributed by atoms with Crippen LogP contribution in [0.2, 0.25) is 0 Å². The van der Waals surface area contributed by atoms with Gasteiger partial charge in [-0.25, -0.2) is 0 Å². The molecule has 1 atom stereocenters. The van der Waals surface area contributed by atoms with Crippen LogP contribution in [0.15, 0.2) is 0 Å². The molecule has 0 aromatic carbocycles. The number of carboxylic acids is 1. The average molecular weight is 175 g/mol. The fourth-order valence-electron chi connectivity index (χ4n) is 0.644. The van der Waals surface area contributed by atoms with Crippen LogP contribution in [0.4, 0.5) is 0 Å². The Morgan fingerprint density at radius 1 is 1.42 bits per heavy atom. The van der Waals surface area contributed by atoms with Gasteiger partial charge in [-0.05, 0) is 20.8 Å². The molecule has 2 N–H and O–H groups in total. The van der Waals surface area contributed by atoms with E-state index in [1.807, 2.05) is 0 Å². The molecular weight excluding hydrogens is 154 g/mol. The lowest BCUT2D eigenvalue weighted by Gasteiger charge is -2.11. The summed E-state index contributed by atoms with van der Waals surface area (Å²) in [5.41, 5.74) is 0. The number of nitrogens with two attached hydrogens (primary N) is 1. The van der Waals surface area contributed by atoms with Gasteiger partial charge in [0.15, 0.2) is 0 Å². The van der Waals surface area contributed by atoms with Crippen molar-refractivity contribution in [1.82, 2.24) is 0 Å². The van der Waals surface area contributed by atoms with E-state index in [0.29, 0.717) is 0 Å². The zero-order valence-corrected chi connectivity index (χ0v) is 8.76. The predicted octanol–water partition coefficient (Wildman–Crippen LogP) is -0.630. The average Bonchev–Trinajstić information content (AvgIpc) is 1.86. The number of hydrogen-bond donors (Lipinski definition) is 1. The van der Waals surface area contributed by atoms with Gasteiger partial charge in [0.1, 0.15) is 0 Å². The van der Waals surface area contributed by atoms with E-state index in [1.54, 1.807) is 0 Å². The van der Waals surface area contributed by atoms with Crippen molar-refractivity contribution in [2.75, 3.05) is 6.54 Å². The highest BCUT2D eigenvalue weighted by Gasteiger charge is 2.06. The Labute approximate surface area is 75.2 Å². The Bertz CT molecular complexity index is 109. The van der Waals surface area contributed by atoms with E-state index in [-0.39, 0.29) is 0 Å². The van der Waals surface area contributed by atoms with E-state index in [4.69, 9.17) is 9.90 Å². The van der Waals surface area contributed by atoms with Crippen molar-refractivity contribution in [3.05, 3.63) is 0 Å². The van der Waals surface area contributed by atoms with Gasteiger partial charge < -0.3 is 15.2 Å². The largest absolute Gasteiger partial charge is 0.550 e. The predicted molar refractivity (Wildman–Crippen MR) is 47.4 cm³/mol. The Balaban J connectivity index is 0. The van der Waals surface area contributed by atoms with Crippen LogP contribution in [-0.2, 0) is 4.79 Å². The number of quaternary nitrogens is 1. The van der Waals surface area contributed by atoms with E-state index >= 15 is 0 Å². The van der Waals surface area contributed by atoms with Gasteiger partial charge in [-0.15, -0.1) is 0 Å². The third-order valence-electron chi connectivity index (χ3n) is 1.66. The fraction of sp³-hybridized carbons (Fsp3) is 0.889. The van der Waals surface area contributed by atoms with Crippen molar-refractivity contribution in [3.8, 4) is 0 Å². The number of carboxylic acid groups (broad SMARTS) is 1. The first-order chi connectivity index (χ1) is 5.41. The van der Waals surface area contributed by atoms with Gasteiger partial charge in [0.05, 0.1) is 12.6 Å². The van der Waals surface area contributed by atoms with Crippen LogP contribution < -0.4 is 10.4 Å². The van der Waals surface area contributed by atoms with Gasteiger partial charge >= 0.3 is 0 Å². The van der Waals surface area contributed by atoms with Crippen LogP contribution >= 0.6 is 0 Å². The SMILES string of the molecule is CC(=O)[O-].CC[NH2+]C(C)C(C)C.